The van der Waals surface area contributed by atoms with E-state index in [2.05, 4.69) is 246 Å². The number of para-hydroxylation sites is 2. The van der Waals surface area contributed by atoms with E-state index >= 15 is 0 Å². The molecule has 11 aromatic rings. The number of benzene rings is 10. The lowest BCUT2D eigenvalue weighted by Gasteiger charge is -2.26. The molecule has 10 aromatic carbocycles. The molecule has 4 nitrogen and oxygen atoms in total. The number of azo groups is 1. The number of nitrogens with zero attached hydrogens (tertiary/aromatic N) is 4. The molecule has 0 saturated carbocycles. The maximum atomic E-state index is 4.97. The van der Waals surface area contributed by atoms with Gasteiger partial charge < -0.3 is 9.47 Å². The van der Waals surface area contributed by atoms with Crippen LogP contribution in [0.3, 0.4) is 0 Å². The number of aromatic nitrogens is 1. The summed E-state index contributed by atoms with van der Waals surface area (Å²) < 4.78 is 2.37. The van der Waals surface area contributed by atoms with Crippen molar-refractivity contribution < 1.29 is 0 Å². The van der Waals surface area contributed by atoms with E-state index in [9.17, 15) is 0 Å². The smallest absolute Gasteiger partial charge is 0.121 e. The quantitative estimate of drug-likeness (QED) is 0.127. The first-order chi connectivity index (χ1) is 31.3. The molecule has 0 saturated heterocycles. The molecule has 0 unspecified atom stereocenters. The van der Waals surface area contributed by atoms with Crippen LogP contribution in [0.25, 0.3) is 60.5 Å². The van der Waals surface area contributed by atoms with E-state index in [0.29, 0.717) is 0 Å². The Morgan fingerprint density at radius 3 is 1.49 bits per heavy atom. The van der Waals surface area contributed by atoms with Crippen molar-refractivity contribution in [2.24, 2.45) is 10.2 Å². The highest BCUT2D eigenvalue weighted by Crippen LogP contribution is 2.42. The van der Waals surface area contributed by atoms with Crippen LogP contribution < -0.4 is 4.90 Å². The Labute approximate surface area is 367 Å². The van der Waals surface area contributed by atoms with Gasteiger partial charge in [-0.25, -0.2) is 0 Å². The Morgan fingerprint density at radius 2 is 0.841 bits per heavy atom. The second-order valence-corrected chi connectivity index (χ2v) is 15.8. The van der Waals surface area contributed by atoms with Crippen molar-refractivity contribution in [3.8, 4) is 27.9 Å². The molecule has 0 N–H and O–H groups in total. The highest BCUT2D eigenvalue weighted by Gasteiger charge is 2.19. The Bertz CT molecular complexity index is 3320. The average molecular weight is 807 g/mol. The summed E-state index contributed by atoms with van der Waals surface area (Å²) in [5.74, 6) is 0. The Morgan fingerprint density at radius 1 is 0.349 bits per heavy atom. The van der Waals surface area contributed by atoms with E-state index in [4.69, 9.17) is 10.2 Å². The topological polar surface area (TPSA) is 32.9 Å². The number of anilines is 3. The Balaban J connectivity index is 0.989. The van der Waals surface area contributed by atoms with Crippen LogP contribution in [-0.4, -0.2) is 4.57 Å². The molecule has 4 heteroatoms. The van der Waals surface area contributed by atoms with E-state index in [-0.39, 0.29) is 6.04 Å². The molecule has 0 aliphatic heterocycles. The van der Waals surface area contributed by atoms with E-state index in [1.807, 2.05) is 12.1 Å². The van der Waals surface area contributed by atoms with Crippen molar-refractivity contribution in [2.45, 2.75) is 6.04 Å². The molecule has 0 aliphatic rings. The third kappa shape index (κ3) is 7.24. The number of hydrogen-bond acceptors (Lipinski definition) is 3. The molecule has 1 aromatic heterocycles. The van der Waals surface area contributed by atoms with Crippen molar-refractivity contribution >= 4 is 55.3 Å². The molecule has 0 radical (unpaired) electrons. The van der Waals surface area contributed by atoms with Crippen LogP contribution in [0.1, 0.15) is 17.2 Å². The SMILES string of the molecule is c1ccc(-c2ccc(N(c3ccc(-c4ccc(N=NC(c5ccccc5)c5ccccc5)c5ccccc45)cc3)c3ccc4c(c3)c3ccccc3n4-c3ccccc3)cc2)cc1. The summed E-state index contributed by atoms with van der Waals surface area (Å²) in [5.41, 5.74) is 14.5. The van der Waals surface area contributed by atoms with Crippen molar-refractivity contribution in [1.29, 1.82) is 0 Å². The molecule has 0 spiro atoms. The van der Waals surface area contributed by atoms with Gasteiger partial charge in [-0.3, -0.25) is 0 Å². The largest absolute Gasteiger partial charge is 0.310 e. The van der Waals surface area contributed by atoms with Gasteiger partial charge in [0.15, 0.2) is 0 Å². The van der Waals surface area contributed by atoms with E-state index in [1.165, 1.54) is 32.9 Å². The highest BCUT2D eigenvalue weighted by molar-refractivity contribution is 6.11. The third-order valence-electron chi connectivity index (χ3n) is 12.0. The minimum atomic E-state index is -0.209. The molecule has 0 fully saturated rings. The van der Waals surface area contributed by atoms with Crippen LogP contribution in [0.2, 0.25) is 0 Å². The zero-order chi connectivity index (χ0) is 42.0. The molecular weight excluding hydrogens is 765 g/mol. The standard InChI is InChI=1S/C59H42N4/c1-5-17-42(18-6-1)43-29-33-48(34-30-43)62(50-37-40-58-55(41-50)54-27-15-16-28-57(54)63(58)47-23-11-4-12-24-47)49-35-31-44(32-36-49)51-38-39-56(53-26-14-13-25-52(51)53)60-61-59(45-19-7-2-8-20-45)46-21-9-3-10-22-46/h1-41,59H. The summed E-state index contributed by atoms with van der Waals surface area (Å²) in [4.78, 5) is 2.37. The normalized spacial score (nSPS) is 11.6. The number of hydrogen-bond donors (Lipinski definition) is 0. The van der Waals surface area contributed by atoms with Crippen molar-refractivity contribution in [1.82, 2.24) is 4.57 Å². The van der Waals surface area contributed by atoms with Gasteiger partial charge in [-0.1, -0.05) is 182 Å². The van der Waals surface area contributed by atoms with Gasteiger partial charge >= 0.3 is 0 Å². The minimum Gasteiger partial charge on any atom is -0.310 e. The summed E-state index contributed by atoms with van der Waals surface area (Å²) in [6.45, 7) is 0. The van der Waals surface area contributed by atoms with E-state index in [1.54, 1.807) is 0 Å². The summed E-state index contributed by atoms with van der Waals surface area (Å²) >= 11 is 0. The van der Waals surface area contributed by atoms with Crippen LogP contribution in [0.5, 0.6) is 0 Å². The first-order valence-corrected chi connectivity index (χ1v) is 21.4. The molecule has 0 bridgehead atoms. The zero-order valence-corrected chi connectivity index (χ0v) is 34.5. The molecule has 0 amide bonds. The minimum absolute atomic E-state index is 0.209. The van der Waals surface area contributed by atoms with E-state index < -0.39 is 0 Å². The lowest BCUT2D eigenvalue weighted by atomic mass is 9.97. The summed E-state index contributed by atoms with van der Waals surface area (Å²) in [6.07, 6.45) is 0. The van der Waals surface area contributed by atoms with Gasteiger partial charge in [-0.05, 0) is 105 Å². The Kier molecular flexibility index (Phi) is 9.92. The number of rotatable bonds is 10. The fraction of sp³-hybridized carbons (Fsp3) is 0.0169. The molecular formula is C59H42N4. The lowest BCUT2D eigenvalue weighted by molar-refractivity contribution is 0.810. The summed E-state index contributed by atoms with van der Waals surface area (Å²) in [5, 5.41) is 14.5. The van der Waals surface area contributed by atoms with Gasteiger partial charge in [0, 0.05) is 38.9 Å². The molecule has 11 rings (SSSR count). The maximum Gasteiger partial charge on any atom is 0.121 e. The summed E-state index contributed by atoms with van der Waals surface area (Å²) in [7, 11) is 0. The molecule has 298 valence electrons. The average Bonchev–Trinajstić information content (AvgIpc) is 3.69. The van der Waals surface area contributed by atoms with Gasteiger partial charge in [0.05, 0.1) is 16.7 Å². The van der Waals surface area contributed by atoms with Crippen molar-refractivity contribution in [2.75, 3.05) is 4.90 Å². The van der Waals surface area contributed by atoms with Crippen LogP contribution in [0.4, 0.5) is 22.7 Å². The van der Waals surface area contributed by atoms with Gasteiger partial charge in [0.1, 0.15) is 6.04 Å². The first-order valence-electron chi connectivity index (χ1n) is 21.4. The molecule has 1 heterocycles. The highest BCUT2D eigenvalue weighted by atomic mass is 15.1. The van der Waals surface area contributed by atoms with Gasteiger partial charge in [-0.2, -0.15) is 10.2 Å². The fourth-order valence-electron chi connectivity index (χ4n) is 8.96. The van der Waals surface area contributed by atoms with Crippen LogP contribution >= 0.6 is 0 Å². The predicted molar refractivity (Wildman–Crippen MR) is 263 cm³/mol. The summed E-state index contributed by atoms with van der Waals surface area (Å²) in [6, 6.07) is 88.0. The second-order valence-electron chi connectivity index (χ2n) is 15.8. The first kappa shape index (κ1) is 37.6. The van der Waals surface area contributed by atoms with Gasteiger partial charge in [0.2, 0.25) is 0 Å². The zero-order valence-electron chi connectivity index (χ0n) is 34.5. The maximum absolute atomic E-state index is 4.97. The fourth-order valence-corrected chi connectivity index (χ4v) is 8.96. The molecule has 63 heavy (non-hydrogen) atoms. The van der Waals surface area contributed by atoms with Crippen LogP contribution in [0, 0.1) is 0 Å². The van der Waals surface area contributed by atoms with Crippen LogP contribution in [-0.2, 0) is 0 Å². The van der Waals surface area contributed by atoms with Gasteiger partial charge in [0.25, 0.3) is 0 Å². The predicted octanol–water partition coefficient (Wildman–Crippen LogP) is 16.6. The van der Waals surface area contributed by atoms with Crippen LogP contribution in [0.15, 0.2) is 259 Å². The van der Waals surface area contributed by atoms with Crippen molar-refractivity contribution in [3.05, 3.63) is 260 Å². The number of fused-ring (bicyclic) bond motifs is 4. The monoisotopic (exact) mass is 806 g/mol. The molecule has 0 aliphatic carbocycles. The Hall–Kier alpha value is -8.34. The second kappa shape index (κ2) is 16.6. The van der Waals surface area contributed by atoms with Crippen molar-refractivity contribution in [3.63, 3.8) is 0 Å². The van der Waals surface area contributed by atoms with E-state index in [0.717, 1.165) is 61.5 Å². The van der Waals surface area contributed by atoms with Gasteiger partial charge in [-0.15, -0.1) is 0 Å². The third-order valence-corrected chi connectivity index (χ3v) is 12.0. The lowest BCUT2D eigenvalue weighted by Crippen LogP contribution is -2.10. The molecule has 0 atom stereocenters.